The number of amides is 1. The fraction of sp³-hybridized carbons (Fsp3) is 0.478. The van der Waals surface area contributed by atoms with E-state index in [9.17, 15) is 34.8 Å². The van der Waals surface area contributed by atoms with Crippen LogP contribution in [-0.4, -0.2) is 73.5 Å². The summed E-state index contributed by atoms with van der Waals surface area (Å²) in [5, 5.41) is 44.4. The van der Waals surface area contributed by atoms with Gasteiger partial charge < -0.3 is 26.2 Å². The minimum Gasteiger partial charge on any atom is -0.508 e. The molecule has 4 rings (SSSR count). The normalized spacial score (nSPS) is 27.9. The summed E-state index contributed by atoms with van der Waals surface area (Å²) in [5.41, 5.74) is 2.15. The Morgan fingerprint density at radius 2 is 1.89 bits per heavy atom. The van der Waals surface area contributed by atoms with Crippen LogP contribution in [0, 0.1) is 11.8 Å². The van der Waals surface area contributed by atoms with Gasteiger partial charge in [0.05, 0.1) is 17.3 Å². The Kier molecular flexibility index (Phi) is 6.99. The molecule has 0 aromatic carbocycles. The van der Waals surface area contributed by atoms with Crippen molar-refractivity contribution >= 4 is 47.2 Å². The number of rotatable bonds is 4. The summed E-state index contributed by atoms with van der Waals surface area (Å²) in [4.78, 5) is 44.4. The van der Waals surface area contributed by atoms with Crippen LogP contribution in [0.25, 0.3) is 5.76 Å². The number of Topliss-reactive ketones (excluding diaryl/α,β-unsaturated/α-hetero) is 2. The Morgan fingerprint density at radius 1 is 1.26 bits per heavy atom. The number of aryl methyl sites for hydroxylation is 1. The smallest absolute Gasteiger partial charge is 0.255 e. The lowest BCUT2D eigenvalue weighted by molar-refractivity contribution is -0.153. The quantitative estimate of drug-likeness (QED) is 0.286. The molecule has 0 saturated heterocycles. The second-order valence-corrected chi connectivity index (χ2v) is 9.62. The first kappa shape index (κ1) is 26.9. The van der Waals surface area contributed by atoms with Crippen molar-refractivity contribution in [2.24, 2.45) is 17.6 Å². The number of fused-ring (bicyclic) bond motifs is 3. The number of ketones is 2. The van der Waals surface area contributed by atoms with Crippen molar-refractivity contribution in [1.82, 2.24) is 9.88 Å². The predicted molar refractivity (Wildman–Crippen MR) is 128 cm³/mol. The fourth-order valence-corrected chi connectivity index (χ4v) is 5.89. The molecule has 0 radical (unpaired) electrons. The van der Waals surface area contributed by atoms with E-state index in [4.69, 9.17) is 17.3 Å². The maximum atomic E-state index is 13.7. The Hall–Kier alpha value is -2.66. The average Bonchev–Trinajstić information content (AvgIpc) is 2.74. The molecule has 12 heteroatoms. The zero-order valence-corrected chi connectivity index (χ0v) is 20.9. The highest BCUT2D eigenvalue weighted by Gasteiger charge is 2.64. The van der Waals surface area contributed by atoms with Crippen molar-refractivity contribution in [2.75, 3.05) is 14.1 Å². The number of carbonyl (C=O) groups is 3. The molecule has 4 atom stereocenters. The van der Waals surface area contributed by atoms with E-state index in [2.05, 4.69) is 4.98 Å². The standard InChI is InChI=1S/C23H26ClN3O7.ClH/c1-4-5-11-16(28)13-9(21(24)26-11)6-8-7-10-15(27(2)3)18(30)14(22(25)33)20(32)23(10,34)19(31)12(8)17(13)29;/h8,10,15,28-29,32,34H,4-7H2,1-3H3,(H2,25,33);1H/t8-,10-,15-,23-;/m0./s1. The molecule has 0 unspecified atom stereocenters. The first-order valence-corrected chi connectivity index (χ1v) is 11.3. The van der Waals surface area contributed by atoms with Gasteiger partial charge in [-0.1, -0.05) is 24.9 Å². The second-order valence-electron chi connectivity index (χ2n) is 9.26. The molecule has 0 aliphatic heterocycles. The Balaban J connectivity index is 0.00000342. The average molecular weight is 528 g/mol. The van der Waals surface area contributed by atoms with Crippen molar-refractivity contribution in [3.05, 3.63) is 38.9 Å². The van der Waals surface area contributed by atoms with Crippen LogP contribution in [0.2, 0.25) is 5.15 Å². The van der Waals surface area contributed by atoms with Gasteiger partial charge in [0.2, 0.25) is 5.78 Å². The van der Waals surface area contributed by atoms with E-state index in [0.29, 0.717) is 18.4 Å². The molecule has 0 bridgehead atoms. The van der Waals surface area contributed by atoms with Crippen molar-refractivity contribution in [3.63, 3.8) is 0 Å². The van der Waals surface area contributed by atoms with Crippen LogP contribution in [0.5, 0.6) is 5.75 Å². The topological polar surface area (TPSA) is 174 Å². The molecule has 0 spiro atoms. The van der Waals surface area contributed by atoms with E-state index in [0.717, 1.165) is 0 Å². The zero-order valence-electron chi connectivity index (χ0n) is 19.3. The van der Waals surface area contributed by atoms with Crippen LogP contribution in [0.4, 0.5) is 0 Å². The molecule has 1 fully saturated rings. The summed E-state index contributed by atoms with van der Waals surface area (Å²) in [6.45, 7) is 1.88. The second kappa shape index (κ2) is 9.09. The van der Waals surface area contributed by atoms with Crippen LogP contribution < -0.4 is 5.73 Å². The molecule has 1 aromatic heterocycles. The van der Waals surface area contributed by atoms with E-state index in [-0.39, 0.29) is 53.0 Å². The SMILES string of the molecule is CCCc1nc(Cl)c2c(c1O)C(O)=C1C(=O)[C@]3(O)C(O)=C(C(N)=O)C(=O)[C@@H](N(C)C)[C@@H]3C[C@@H]1C2.Cl. The molecule has 1 aromatic rings. The highest BCUT2D eigenvalue weighted by molar-refractivity contribution is 6.30. The molecule has 1 heterocycles. The number of aliphatic hydroxyl groups is 3. The first-order valence-electron chi connectivity index (χ1n) is 10.9. The van der Waals surface area contributed by atoms with E-state index in [1.54, 1.807) is 14.1 Å². The number of pyridine rings is 1. The monoisotopic (exact) mass is 527 g/mol. The predicted octanol–water partition coefficient (Wildman–Crippen LogP) is 1.39. The summed E-state index contributed by atoms with van der Waals surface area (Å²) in [6.07, 6.45) is 1.13. The fourth-order valence-electron chi connectivity index (χ4n) is 5.61. The van der Waals surface area contributed by atoms with Crippen molar-refractivity contribution < 1.29 is 34.8 Å². The molecule has 1 amide bonds. The third-order valence-corrected chi connectivity index (χ3v) is 7.41. The molecule has 190 valence electrons. The Labute approximate surface area is 212 Å². The van der Waals surface area contributed by atoms with Crippen LogP contribution >= 0.6 is 24.0 Å². The van der Waals surface area contributed by atoms with Crippen LogP contribution in [-0.2, 0) is 27.2 Å². The van der Waals surface area contributed by atoms with Gasteiger partial charge in [-0.2, -0.15) is 0 Å². The van der Waals surface area contributed by atoms with Crippen molar-refractivity contribution in [3.8, 4) is 5.75 Å². The number of aliphatic hydroxyl groups excluding tert-OH is 2. The molecular weight excluding hydrogens is 501 g/mol. The molecule has 3 aliphatic rings. The number of hydrogen-bond acceptors (Lipinski definition) is 9. The molecule has 6 N–H and O–H groups in total. The van der Waals surface area contributed by atoms with Gasteiger partial charge in [0.1, 0.15) is 28.0 Å². The Morgan fingerprint density at radius 3 is 2.43 bits per heavy atom. The van der Waals surface area contributed by atoms with Gasteiger partial charge in [-0.3, -0.25) is 19.3 Å². The lowest BCUT2D eigenvalue weighted by Gasteiger charge is -2.50. The van der Waals surface area contributed by atoms with Crippen molar-refractivity contribution in [2.45, 2.75) is 44.2 Å². The van der Waals surface area contributed by atoms with Gasteiger partial charge in [-0.15, -0.1) is 12.4 Å². The summed E-state index contributed by atoms with van der Waals surface area (Å²) < 4.78 is 0. The number of likely N-dealkylation sites (N-methyl/N-ethyl adjacent to an activating group) is 1. The van der Waals surface area contributed by atoms with E-state index < -0.39 is 58.0 Å². The third-order valence-electron chi connectivity index (χ3n) is 7.09. The molecular formula is C23H27Cl2N3O7. The minimum atomic E-state index is -2.66. The number of nitrogens with zero attached hydrogens (tertiary/aromatic N) is 2. The van der Waals surface area contributed by atoms with E-state index in [1.165, 1.54) is 4.90 Å². The number of primary amides is 1. The number of aromatic hydroxyl groups is 1. The van der Waals surface area contributed by atoms with Gasteiger partial charge >= 0.3 is 0 Å². The van der Waals surface area contributed by atoms with Gasteiger partial charge in [0.15, 0.2) is 11.4 Å². The first-order chi connectivity index (χ1) is 15.9. The maximum Gasteiger partial charge on any atom is 0.255 e. The minimum absolute atomic E-state index is 0. The largest absolute Gasteiger partial charge is 0.508 e. The zero-order chi connectivity index (χ0) is 25.3. The van der Waals surface area contributed by atoms with Crippen LogP contribution in [0.3, 0.4) is 0 Å². The number of carbonyl (C=O) groups excluding carboxylic acids is 3. The molecule has 10 nitrogen and oxygen atoms in total. The molecule has 3 aliphatic carbocycles. The number of halogens is 2. The van der Waals surface area contributed by atoms with Crippen LogP contribution in [0.15, 0.2) is 16.9 Å². The maximum absolute atomic E-state index is 13.7. The molecule has 35 heavy (non-hydrogen) atoms. The number of nitrogens with two attached hydrogens (primary N) is 1. The van der Waals surface area contributed by atoms with E-state index >= 15 is 0 Å². The van der Waals surface area contributed by atoms with Gasteiger partial charge in [0.25, 0.3) is 5.91 Å². The van der Waals surface area contributed by atoms with Gasteiger partial charge in [-0.25, -0.2) is 4.98 Å². The van der Waals surface area contributed by atoms with Crippen LogP contribution in [0.1, 0.15) is 36.6 Å². The highest BCUT2D eigenvalue weighted by atomic mass is 35.5. The van der Waals surface area contributed by atoms with E-state index in [1.807, 2.05) is 6.92 Å². The summed E-state index contributed by atoms with van der Waals surface area (Å²) in [6, 6.07) is -1.13. The molecule has 1 saturated carbocycles. The third kappa shape index (κ3) is 3.62. The van der Waals surface area contributed by atoms with Gasteiger partial charge in [-0.05, 0) is 39.3 Å². The highest BCUT2D eigenvalue weighted by Crippen LogP contribution is 2.53. The lowest BCUT2D eigenvalue weighted by atomic mass is 9.57. The number of aromatic nitrogens is 1. The lowest BCUT2D eigenvalue weighted by Crippen LogP contribution is -2.65. The van der Waals surface area contributed by atoms with Gasteiger partial charge in [0, 0.05) is 17.1 Å². The number of hydrogen-bond donors (Lipinski definition) is 5. The summed E-state index contributed by atoms with van der Waals surface area (Å²) >= 11 is 6.38. The summed E-state index contributed by atoms with van der Waals surface area (Å²) in [7, 11) is 3.09. The van der Waals surface area contributed by atoms with Crippen molar-refractivity contribution in [1.29, 1.82) is 0 Å². The summed E-state index contributed by atoms with van der Waals surface area (Å²) in [5.74, 6) is -6.95. The Bertz CT molecular complexity index is 1210.